The van der Waals surface area contributed by atoms with Crippen molar-refractivity contribution in [1.29, 1.82) is 5.26 Å². The zero-order valence-electron chi connectivity index (χ0n) is 10.6. The Morgan fingerprint density at radius 1 is 1.53 bits per heavy atom. The van der Waals surface area contributed by atoms with Gasteiger partial charge in [0.2, 0.25) is 0 Å². The number of nitriles is 1. The minimum Gasteiger partial charge on any atom is -0.391 e. The van der Waals surface area contributed by atoms with Crippen LogP contribution in [0.15, 0.2) is 29.4 Å². The maximum absolute atomic E-state index is 11.5. The average molecular weight is 274 g/mol. The fraction of sp³-hybridized carbons (Fsp3) is 0.357. The maximum Gasteiger partial charge on any atom is 0.192 e. The Hall–Kier alpha value is -1.80. The highest BCUT2D eigenvalue weighted by Crippen LogP contribution is 2.21. The second-order valence-electron chi connectivity index (χ2n) is 4.17. The van der Waals surface area contributed by atoms with Gasteiger partial charge in [-0.05, 0) is 23.4 Å². The summed E-state index contributed by atoms with van der Waals surface area (Å²) in [4.78, 5) is 16.8. The van der Waals surface area contributed by atoms with Crippen LogP contribution in [0.1, 0.15) is 30.9 Å². The molecule has 0 unspecified atom stereocenters. The van der Waals surface area contributed by atoms with Gasteiger partial charge in [-0.25, -0.2) is 0 Å². The number of oxime groups is 1. The minimum atomic E-state index is -0.155. The Morgan fingerprint density at radius 2 is 2.26 bits per heavy atom. The Morgan fingerprint density at radius 3 is 2.89 bits per heavy atom. The van der Waals surface area contributed by atoms with Crippen LogP contribution in [0.5, 0.6) is 0 Å². The lowest BCUT2D eigenvalue weighted by Crippen LogP contribution is -2.12. The predicted molar refractivity (Wildman–Crippen MR) is 74.9 cm³/mol. The summed E-state index contributed by atoms with van der Waals surface area (Å²) in [6.07, 6.45) is 0.876. The normalized spacial score (nSPS) is 17.5. The van der Waals surface area contributed by atoms with Gasteiger partial charge in [-0.1, -0.05) is 36.0 Å². The third-order valence-corrected chi connectivity index (χ3v) is 3.56. The molecule has 0 radical (unpaired) electrons. The van der Waals surface area contributed by atoms with Crippen molar-refractivity contribution in [2.75, 3.05) is 5.75 Å². The monoisotopic (exact) mass is 274 g/mol. The second-order valence-corrected chi connectivity index (χ2v) is 5.49. The van der Waals surface area contributed by atoms with Gasteiger partial charge in [0, 0.05) is 6.42 Å². The molecule has 98 valence electrons. The fourth-order valence-corrected chi connectivity index (χ4v) is 2.48. The van der Waals surface area contributed by atoms with Crippen LogP contribution in [0, 0.1) is 11.3 Å². The van der Waals surface area contributed by atoms with Gasteiger partial charge >= 0.3 is 0 Å². The molecule has 0 aliphatic carbocycles. The molecule has 0 bridgehead atoms. The average Bonchev–Trinajstić information content (AvgIpc) is 2.87. The molecular formula is C14H14N2O2S. The quantitative estimate of drug-likeness (QED) is 0.847. The molecule has 0 saturated heterocycles. The third-order valence-electron chi connectivity index (χ3n) is 2.78. The highest BCUT2D eigenvalue weighted by Gasteiger charge is 2.24. The van der Waals surface area contributed by atoms with Gasteiger partial charge in [0.1, 0.15) is 6.10 Å². The first-order valence-electron chi connectivity index (χ1n) is 6.11. The van der Waals surface area contributed by atoms with Crippen molar-refractivity contribution < 1.29 is 9.63 Å². The van der Waals surface area contributed by atoms with E-state index in [1.54, 1.807) is 12.1 Å². The van der Waals surface area contributed by atoms with E-state index in [0.29, 0.717) is 18.4 Å². The molecule has 1 aromatic rings. The largest absolute Gasteiger partial charge is 0.391 e. The molecule has 1 heterocycles. The molecule has 5 heteroatoms. The number of hydrogen-bond acceptors (Lipinski definition) is 5. The van der Waals surface area contributed by atoms with Crippen LogP contribution < -0.4 is 0 Å². The van der Waals surface area contributed by atoms with E-state index in [4.69, 9.17) is 10.1 Å². The lowest BCUT2D eigenvalue weighted by molar-refractivity contribution is -0.113. The maximum atomic E-state index is 11.5. The summed E-state index contributed by atoms with van der Waals surface area (Å²) >= 11 is 1.31. The second kappa shape index (κ2) is 6.39. The molecule has 0 N–H and O–H groups in total. The molecule has 19 heavy (non-hydrogen) atoms. The zero-order valence-corrected chi connectivity index (χ0v) is 11.4. The molecule has 1 aliphatic rings. The molecule has 0 amide bonds. The summed E-state index contributed by atoms with van der Waals surface area (Å²) in [6, 6.07) is 9.29. The highest BCUT2D eigenvalue weighted by atomic mass is 32.2. The van der Waals surface area contributed by atoms with Crippen molar-refractivity contribution in [2.24, 2.45) is 5.16 Å². The van der Waals surface area contributed by atoms with Crippen LogP contribution in [0.2, 0.25) is 0 Å². The topological polar surface area (TPSA) is 62.5 Å². The first kappa shape index (κ1) is 13.6. The number of rotatable bonds is 4. The van der Waals surface area contributed by atoms with Gasteiger partial charge < -0.3 is 4.84 Å². The summed E-state index contributed by atoms with van der Waals surface area (Å²) in [5, 5.41) is 12.9. The van der Waals surface area contributed by atoms with Crippen molar-refractivity contribution in [3.05, 3.63) is 35.4 Å². The Balaban J connectivity index is 1.94. The first-order valence-corrected chi connectivity index (χ1v) is 7.10. The van der Waals surface area contributed by atoms with E-state index >= 15 is 0 Å². The smallest absolute Gasteiger partial charge is 0.192 e. The van der Waals surface area contributed by atoms with Crippen LogP contribution >= 0.6 is 11.8 Å². The molecule has 1 aliphatic heterocycles. The Labute approximate surface area is 116 Å². The van der Waals surface area contributed by atoms with Crippen molar-refractivity contribution in [3.63, 3.8) is 0 Å². The fourth-order valence-electron chi connectivity index (χ4n) is 1.85. The summed E-state index contributed by atoms with van der Waals surface area (Å²) in [5.41, 5.74) is 2.40. The van der Waals surface area contributed by atoms with E-state index in [1.807, 2.05) is 19.1 Å². The molecule has 0 aromatic heterocycles. The van der Waals surface area contributed by atoms with Gasteiger partial charge in [-0.15, -0.1) is 0 Å². The minimum absolute atomic E-state index is 0.142. The number of carbonyl (C=O) groups excluding carboxylic acids is 1. The zero-order chi connectivity index (χ0) is 13.7. The molecule has 0 spiro atoms. The number of thioether (sulfide) groups is 1. The van der Waals surface area contributed by atoms with E-state index < -0.39 is 0 Å². The van der Waals surface area contributed by atoms with E-state index in [2.05, 4.69) is 11.2 Å². The number of nitrogens with zero attached hydrogens (tertiary/aromatic N) is 2. The third kappa shape index (κ3) is 3.58. The summed E-state index contributed by atoms with van der Waals surface area (Å²) in [5.74, 6) is 0.787. The summed E-state index contributed by atoms with van der Waals surface area (Å²) < 4.78 is 0. The summed E-state index contributed by atoms with van der Waals surface area (Å²) in [6.45, 7) is 1.96. The van der Waals surface area contributed by atoms with E-state index in [1.165, 1.54) is 11.8 Å². The van der Waals surface area contributed by atoms with Crippen molar-refractivity contribution in [1.82, 2.24) is 0 Å². The number of hydrogen-bond donors (Lipinski definition) is 0. The molecule has 0 saturated carbocycles. The van der Waals surface area contributed by atoms with Crippen LogP contribution in [0.4, 0.5) is 0 Å². The Bertz CT molecular complexity index is 531. The van der Waals surface area contributed by atoms with Crippen LogP contribution in [0.3, 0.4) is 0 Å². The van der Waals surface area contributed by atoms with Gasteiger partial charge in [0.15, 0.2) is 5.12 Å². The molecule has 0 fully saturated rings. The molecular weight excluding hydrogens is 260 g/mol. The number of carbonyl (C=O) groups is 1. The standard InChI is InChI=1S/C14H14N2O2S/c1-2-19-14(17)8-12-7-13(16-18-12)11-5-3-10(9-15)4-6-11/h3-6,12H,2,7-8H2,1H3/t12-/m0/s1. The summed E-state index contributed by atoms with van der Waals surface area (Å²) in [7, 11) is 0. The first-order chi connectivity index (χ1) is 9.22. The van der Waals surface area contributed by atoms with Crippen molar-refractivity contribution in [3.8, 4) is 6.07 Å². The van der Waals surface area contributed by atoms with Crippen LogP contribution in [0.25, 0.3) is 0 Å². The molecule has 4 nitrogen and oxygen atoms in total. The molecule has 1 aromatic carbocycles. The predicted octanol–water partition coefficient (Wildman–Crippen LogP) is 2.72. The van der Waals surface area contributed by atoms with Crippen LogP contribution in [-0.2, 0) is 9.63 Å². The van der Waals surface area contributed by atoms with Gasteiger partial charge in [-0.2, -0.15) is 5.26 Å². The van der Waals surface area contributed by atoms with Crippen molar-refractivity contribution in [2.45, 2.75) is 25.9 Å². The van der Waals surface area contributed by atoms with Crippen LogP contribution in [-0.4, -0.2) is 22.7 Å². The lowest BCUT2D eigenvalue weighted by Gasteiger charge is -2.05. The van der Waals surface area contributed by atoms with E-state index in [9.17, 15) is 4.79 Å². The van der Waals surface area contributed by atoms with E-state index in [0.717, 1.165) is 17.0 Å². The Kier molecular flexibility index (Phi) is 4.58. The molecule has 2 rings (SSSR count). The van der Waals surface area contributed by atoms with E-state index in [-0.39, 0.29) is 11.2 Å². The van der Waals surface area contributed by atoms with Gasteiger partial charge in [-0.3, -0.25) is 4.79 Å². The highest BCUT2D eigenvalue weighted by molar-refractivity contribution is 8.13. The van der Waals surface area contributed by atoms with Gasteiger partial charge in [0.05, 0.1) is 23.8 Å². The SMILES string of the molecule is CCSC(=O)C[C@@H]1CC(c2ccc(C#N)cc2)=NO1. The molecule has 1 atom stereocenters. The van der Waals surface area contributed by atoms with Crippen molar-refractivity contribution >= 4 is 22.6 Å². The number of benzene rings is 1. The van der Waals surface area contributed by atoms with Gasteiger partial charge in [0.25, 0.3) is 0 Å². The lowest BCUT2D eigenvalue weighted by atomic mass is 10.0.